The van der Waals surface area contributed by atoms with Crippen molar-refractivity contribution < 1.29 is 14.6 Å². The van der Waals surface area contributed by atoms with E-state index in [0.29, 0.717) is 17.2 Å². The molecule has 0 unspecified atom stereocenters. The fourth-order valence-electron chi connectivity index (χ4n) is 1.93. The van der Waals surface area contributed by atoms with Gasteiger partial charge >= 0.3 is 5.97 Å². The van der Waals surface area contributed by atoms with E-state index in [-0.39, 0.29) is 0 Å². The fourth-order valence-corrected chi connectivity index (χ4v) is 2.16. The molecule has 1 atom stereocenters. The third-order valence-corrected chi connectivity index (χ3v) is 3.24. The van der Waals surface area contributed by atoms with Crippen LogP contribution in [-0.2, 0) is 11.2 Å². The lowest BCUT2D eigenvalue weighted by Gasteiger charge is -2.16. The van der Waals surface area contributed by atoms with Gasteiger partial charge in [0.05, 0.1) is 0 Å². The van der Waals surface area contributed by atoms with Crippen LogP contribution in [0.3, 0.4) is 0 Å². The van der Waals surface area contributed by atoms with Crippen LogP contribution in [0.1, 0.15) is 11.1 Å². The second-order valence-corrected chi connectivity index (χ2v) is 4.97. The van der Waals surface area contributed by atoms with E-state index in [1.807, 2.05) is 37.3 Å². The minimum absolute atomic E-state index is 0.299. The normalized spacial score (nSPS) is 11.9. The van der Waals surface area contributed by atoms with Crippen molar-refractivity contribution >= 4 is 17.6 Å². The molecule has 2 rings (SSSR count). The first-order valence-corrected chi connectivity index (χ1v) is 6.63. The number of aliphatic carboxylic acids is 1. The standard InChI is InChI=1S/C16H15ClO3/c1-11-9-13(17)8-7-12(11)10-15(16(18)19)20-14-5-3-2-4-6-14/h2-9,15H,10H2,1H3,(H,18,19)/t15-/m0/s1. The molecule has 1 N–H and O–H groups in total. The lowest BCUT2D eigenvalue weighted by molar-refractivity contribution is -0.145. The van der Waals surface area contributed by atoms with Gasteiger partial charge in [-0.05, 0) is 42.3 Å². The molecule has 0 aliphatic carbocycles. The lowest BCUT2D eigenvalue weighted by Crippen LogP contribution is -2.29. The maximum atomic E-state index is 11.3. The van der Waals surface area contributed by atoms with E-state index < -0.39 is 12.1 Å². The number of hydrogen-bond donors (Lipinski definition) is 1. The second kappa shape index (κ2) is 6.44. The number of para-hydroxylation sites is 1. The van der Waals surface area contributed by atoms with Gasteiger partial charge in [-0.25, -0.2) is 4.79 Å². The highest BCUT2D eigenvalue weighted by atomic mass is 35.5. The lowest BCUT2D eigenvalue weighted by atomic mass is 10.0. The number of rotatable bonds is 5. The van der Waals surface area contributed by atoms with Gasteiger partial charge in [0, 0.05) is 11.4 Å². The van der Waals surface area contributed by atoms with Crippen molar-refractivity contribution in [2.24, 2.45) is 0 Å². The van der Waals surface area contributed by atoms with Crippen molar-refractivity contribution in [3.63, 3.8) is 0 Å². The molecule has 0 aliphatic rings. The Morgan fingerprint density at radius 2 is 1.95 bits per heavy atom. The Morgan fingerprint density at radius 3 is 2.55 bits per heavy atom. The van der Waals surface area contributed by atoms with Crippen LogP contribution in [-0.4, -0.2) is 17.2 Å². The molecule has 0 saturated heterocycles. The molecule has 4 heteroatoms. The van der Waals surface area contributed by atoms with Gasteiger partial charge in [-0.2, -0.15) is 0 Å². The number of ether oxygens (including phenoxy) is 1. The first kappa shape index (κ1) is 14.4. The number of hydrogen-bond acceptors (Lipinski definition) is 2. The first-order valence-electron chi connectivity index (χ1n) is 6.26. The summed E-state index contributed by atoms with van der Waals surface area (Å²) in [7, 11) is 0. The van der Waals surface area contributed by atoms with Crippen molar-refractivity contribution in [2.75, 3.05) is 0 Å². The molecule has 20 heavy (non-hydrogen) atoms. The molecule has 0 spiro atoms. The van der Waals surface area contributed by atoms with Crippen LogP contribution in [0.2, 0.25) is 5.02 Å². The molecular formula is C16H15ClO3. The molecule has 0 aromatic heterocycles. The summed E-state index contributed by atoms with van der Waals surface area (Å²) in [6.07, 6.45) is -0.620. The van der Waals surface area contributed by atoms with E-state index in [0.717, 1.165) is 11.1 Å². The summed E-state index contributed by atoms with van der Waals surface area (Å²) in [5.41, 5.74) is 1.87. The molecule has 0 bridgehead atoms. The van der Waals surface area contributed by atoms with E-state index in [1.165, 1.54) is 0 Å². The molecule has 3 nitrogen and oxygen atoms in total. The number of benzene rings is 2. The van der Waals surface area contributed by atoms with Gasteiger partial charge in [0.15, 0.2) is 6.10 Å². The summed E-state index contributed by atoms with van der Waals surface area (Å²) >= 11 is 5.90. The summed E-state index contributed by atoms with van der Waals surface area (Å²) in [5.74, 6) is -0.435. The van der Waals surface area contributed by atoms with Crippen molar-refractivity contribution in [1.82, 2.24) is 0 Å². The summed E-state index contributed by atoms with van der Waals surface area (Å²) in [5, 5.41) is 9.93. The Bertz CT molecular complexity index is 596. The quantitative estimate of drug-likeness (QED) is 0.913. The van der Waals surface area contributed by atoms with Gasteiger partial charge in [-0.3, -0.25) is 0 Å². The summed E-state index contributed by atoms with van der Waals surface area (Å²) in [6.45, 7) is 1.91. The Balaban J connectivity index is 2.15. The molecule has 0 heterocycles. The number of carboxylic acids is 1. The van der Waals surface area contributed by atoms with Crippen LogP contribution in [0.25, 0.3) is 0 Å². The SMILES string of the molecule is Cc1cc(Cl)ccc1C[C@H](Oc1ccccc1)C(=O)O. The average molecular weight is 291 g/mol. The third-order valence-electron chi connectivity index (χ3n) is 3.01. The van der Waals surface area contributed by atoms with Gasteiger partial charge in [-0.1, -0.05) is 35.9 Å². The molecular weight excluding hydrogens is 276 g/mol. The Hall–Kier alpha value is -2.00. The molecule has 0 aliphatic heterocycles. The second-order valence-electron chi connectivity index (χ2n) is 4.53. The minimum Gasteiger partial charge on any atom is -0.478 e. The molecule has 0 saturated carbocycles. The molecule has 0 radical (unpaired) electrons. The van der Waals surface area contributed by atoms with Crippen LogP contribution >= 0.6 is 11.6 Å². The average Bonchev–Trinajstić information content (AvgIpc) is 2.42. The van der Waals surface area contributed by atoms with Crippen LogP contribution in [0.4, 0.5) is 0 Å². The number of halogens is 1. The van der Waals surface area contributed by atoms with E-state index >= 15 is 0 Å². The zero-order valence-corrected chi connectivity index (χ0v) is 11.8. The maximum absolute atomic E-state index is 11.3. The molecule has 0 amide bonds. The van der Waals surface area contributed by atoms with Crippen LogP contribution in [0.15, 0.2) is 48.5 Å². The van der Waals surface area contributed by atoms with Crippen molar-refractivity contribution in [2.45, 2.75) is 19.4 Å². The number of carbonyl (C=O) groups is 1. The van der Waals surface area contributed by atoms with Gasteiger partial charge < -0.3 is 9.84 Å². The van der Waals surface area contributed by atoms with Gasteiger partial charge in [0.2, 0.25) is 0 Å². The van der Waals surface area contributed by atoms with E-state index in [1.54, 1.807) is 18.2 Å². The van der Waals surface area contributed by atoms with Crippen molar-refractivity contribution in [3.8, 4) is 5.75 Å². The highest BCUT2D eigenvalue weighted by Crippen LogP contribution is 2.19. The smallest absolute Gasteiger partial charge is 0.345 e. The topological polar surface area (TPSA) is 46.5 Å². The Labute approximate surface area is 122 Å². The summed E-state index contributed by atoms with van der Waals surface area (Å²) < 4.78 is 5.53. The highest BCUT2D eigenvalue weighted by molar-refractivity contribution is 6.30. The molecule has 2 aromatic rings. The van der Waals surface area contributed by atoms with Gasteiger partial charge in [0.1, 0.15) is 5.75 Å². The van der Waals surface area contributed by atoms with Crippen LogP contribution < -0.4 is 4.74 Å². The molecule has 104 valence electrons. The molecule has 0 fully saturated rings. The predicted octanol–water partition coefficient (Wildman–Crippen LogP) is 3.72. The Morgan fingerprint density at radius 1 is 1.25 bits per heavy atom. The van der Waals surface area contributed by atoms with Gasteiger partial charge in [0.25, 0.3) is 0 Å². The van der Waals surface area contributed by atoms with Crippen molar-refractivity contribution in [3.05, 3.63) is 64.7 Å². The first-order chi connectivity index (χ1) is 9.56. The fraction of sp³-hybridized carbons (Fsp3) is 0.188. The summed E-state index contributed by atoms with van der Waals surface area (Å²) in [4.78, 5) is 11.3. The van der Waals surface area contributed by atoms with Crippen molar-refractivity contribution in [1.29, 1.82) is 0 Å². The van der Waals surface area contributed by atoms with Gasteiger partial charge in [-0.15, -0.1) is 0 Å². The van der Waals surface area contributed by atoms with Crippen LogP contribution in [0.5, 0.6) is 5.75 Å². The maximum Gasteiger partial charge on any atom is 0.345 e. The minimum atomic E-state index is -0.983. The number of carboxylic acid groups (broad SMARTS) is 1. The highest BCUT2D eigenvalue weighted by Gasteiger charge is 2.20. The zero-order chi connectivity index (χ0) is 14.5. The van der Waals surface area contributed by atoms with E-state index in [9.17, 15) is 9.90 Å². The Kier molecular flexibility index (Phi) is 4.64. The predicted molar refractivity (Wildman–Crippen MR) is 78.4 cm³/mol. The zero-order valence-electron chi connectivity index (χ0n) is 11.0. The summed E-state index contributed by atoms with van der Waals surface area (Å²) in [6, 6.07) is 14.4. The van der Waals surface area contributed by atoms with E-state index in [4.69, 9.17) is 16.3 Å². The largest absolute Gasteiger partial charge is 0.478 e. The van der Waals surface area contributed by atoms with Crippen LogP contribution in [0, 0.1) is 6.92 Å². The monoisotopic (exact) mass is 290 g/mol. The molecule has 2 aromatic carbocycles. The van der Waals surface area contributed by atoms with E-state index in [2.05, 4.69) is 0 Å². The third kappa shape index (κ3) is 3.75. The number of aryl methyl sites for hydroxylation is 1.